The molecule has 0 bridgehead atoms. The number of halogens is 2. The summed E-state index contributed by atoms with van der Waals surface area (Å²) >= 11 is 3.55. The average molecular weight is 386 g/mol. The third-order valence-electron chi connectivity index (χ3n) is 4.14. The van der Waals surface area contributed by atoms with Gasteiger partial charge in [0, 0.05) is 47.6 Å². The summed E-state index contributed by atoms with van der Waals surface area (Å²) in [6.45, 7) is 6.31. The molecule has 0 saturated carbocycles. The van der Waals surface area contributed by atoms with Crippen molar-refractivity contribution in [3.05, 3.63) is 46.2 Å². The van der Waals surface area contributed by atoms with Crippen LogP contribution in [0.25, 0.3) is 0 Å². The standard InChI is InChI=1S/C16H21BrN4.ClH/c1-12-14(10-19-20-12)9-18-8-13-5-6-21(11-13)16-4-2-3-15(17)7-16;/h2-4,7,10,13,18H,5-6,8-9,11H2,1H3,(H,19,20);1H. The number of benzene rings is 1. The normalized spacial score (nSPS) is 17.5. The van der Waals surface area contributed by atoms with Crippen LogP contribution < -0.4 is 10.2 Å². The van der Waals surface area contributed by atoms with Crippen LogP contribution in [0.3, 0.4) is 0 Å². The van der Waals surface area contributed by atoms with Gasteiger partial charge in [0.25, 0.3) is 0 Å². The van der Waals surface area contributed by atoms with Gasteiger partial charge in [-0.25, -0.2) is 0 Å². The molecule has 2 aromatic rings. The first-order valence-corrected chi connectivity index (χ1v) is 8.22. The van der Waals surface area contributed by atoms with Crippen molar-refractivity contribution in [3.8, 4) is 0 Å². The summed E-state index contributed by atoms with van der Waals surface area (Å²) in [6.07, 6.45) is 3.16. The Hall–Kier alpha value is -1.04. The SMILES string of the molecule is Cc1[nH]ncc1CNCC1CCN(c2cccc(Br)c2)C1.Cl. The number of hydrogen-bond acceptors (Lipinski definition) is 3. The molecule has 1 saturated heterocycles. The molecule has 2 N–H and O–H groups in total. The van der Waals surface area contributed by atoms with Crippen molar-refractivity contribution in [1.29, 1.82) is 0 Å². The number of aromatic nitrogens is 2. The van der Waals surface area contributed by atoms with Gasteiger partial charge in [-0.1, -0.05) is 22.0 Å². The number of nitrogens with one attached hydrogen (secondary N) is 2. The zero-order chi connectivity index (χ0) is 14.7. The lowest BCUT2D eigenvalue weighted by Gasteiger charge is -2.19. The summed E-state index contributed by atoms with van der Waals surface area (Å²) in [7, 11) is 0. The minimum Gasteiger partial charge on any atom is -0.371 e. The highest BCUT2D eigenvalue weighted by Crippen LogP contribution is 2.25. The van der Waals surface area contributed by atoms with Crippen LogP contribution in [0, 0.1) is 12.8 Å². The van der Waals surface area contributed by atoms with Crippen LogP contribution in [0.5, 0.6) is 0 Å². The van der Waals surface area contributed by atoms with Gasteiger partial charge in [0.2, 0.25) is 0 Å². The van der Waals surface area contributed by atoms with Crippen molar-refractivity contribution in [2.75, 3.05) is 24.5 Å². The van der Waals surface area contributed by atoms with E-state index in [1.807, 2.05) is 6.20 Å². The van der Waals surface area contributed by atoms with E-state index in [0.717, 1.165) is 42.3 Å². The van der Waals surface area contributed by atoms with Gasteiger partial charge in [-0.2, -0.15) is 5.10 Å². The topological polar surface area (TPSA) is 44.0 Å². The Labute approximate surface area is 146 Å². The van der Waals surface area contributed by atoms with Gasteiger partial charge >= 0.3 is 0 Å². The number of nitrogens with zero attached hydrogens (tertiary/aromatic N) is 2. The number of hydrogen-bond donors (Lipinski definition) is 2. The van der Waals surface area contributed by atoms with E-state index in [0.29, 0.717) is 0 Å². The Balaban J connectivity index is 0.00000176. The molecule has 1 fully saturated rings. The lowest BCUT2D eigenvalue weighted by Crippen LogP contribution is -2.26. The molecule has 120 valence electrons. The minimum absolute atomic E-state index is 0. The Kier molecular flexibility index (Phi) is 6.29. The molecule has 0 aliphatic carbocycles. The van der Waals surface area contributed by atoms with Crippen LogP contribution in [0.2, 0.25) is 0 Å². The number of rotatable bonds is 5. The van der Waals surface area contributed by atoms with Gasteiger partial charge in [-0.15, -0.1) is 12.4 Å². The monoisotopic (exact) mass is 384 g/mol. The highest BCUT2D eigenvalue weighted by atomic mass is 79.9. The zero-order valence-electron chi connectivity index (χ0n) is 12.7. The summed E-state index contributed by atoms with van der Waals surface area (Å²) in [5, 5.41) is 10.6. The predicted octanol–water partition coefficient (Wildman–Crippen LogP) is 3.52. The van der Waals surface area contributed by atoms with Crippen molar-refractivity contribution in [2.24, 2.45) is 5.92 Å². The number of aryl methyl sites for hydroxylation is 1. The smallest absolute Gasteiger partial charge is 0.0535 e. The van der Waals surface area contributed by atoms with Crippen molar-refractivity contribution in [2.45, 2.75) is 19.9 Å². The molecule has 0 amide bonds. The highest BCUT2D eigenvalue weighted by Gasteiger charge is 2.22. The molecule has 22 heavy (non-hydrogen) atoms. The van der Waals surface area contributed by atoms with E-state index >= 15 is 0 Å². The summed E-state index contributed by atoms with van der Waals surface area (Å²) in [5.74, 6) is 0.719. The van der Waals surface area contributed by atoms with Gasteiger partial charge in [0.1, 0.15) is 0 Å². The fraction of sp³-hybridized carbons (Fsp3) is 0.438. The fourth-order valence-electron chi connectivity index (χ4n) is 2.87. The Morgan fingerprint density at radius 3 is 3.05 bits per heavy atom. The third kappa shape index (κ3) is 4.24. The second-order valence-electron chi connectivity index (χ2n) is 5.73. The molecular formula is C16H22BrClN4. The second kappa shape index (κ2) is 7.99. The van der Waals surface area contributed by atoms with E-state index in [4.69, 9.17) is 0 Å². The van der Waals surface area contributed by atoms with Crippen molar-refractivity contribution in [1.82, 2.24) is 15.5 Å². The molecule has 1 atom stereocenters. The molecule has 4 nitrogen and oxygen atoms in total. The van der Waals surface area contributed by atoms with Gasteiger partial charge in [-0.05, 0) is 37.5 Å². The first-order valence-electron chi connectivity index (χ1n) is 7.42. The van der Waals surface area contributed by atoms with Crippen molar-refractivity contribution in [3.63, 3.8) is 0 Å². The van der Waals surface area contributed by atoms with Gasteiger partial charge in [-0.3, -0.25) is 5.10 Å². The van der Waals surface area contributed by atoms with Crippen LogP contribution >= 0.6 is 28.3 Å². The van der Waals surface area contributed by atoms with E-state index in [9.17, 15) is 0 Å². The van der Waals surface area contributed by atoms with Gasteiger partial charge in [0.05, 0.1) is 6.20 Å². The molecular weight excluding hydrogens is 364 g/mol. The van der Waals surface area contributed by atoms with Crippen LogP contribution in [0.15, 0.2) is 34.9 Å². The van der Waals surface area contributed by atoms with E-state index in [1.54, 1.807) is 0 Å². The first kappa shape index (κ1) is 17.3. The number of aromatic amines is 1. The molecule has 1 aromatic heterocycles. The third-order valence-corrected chi connectivity index (χ3v) is 4.64. The predicted molar refractivity (Wildman–Crippen MR) is 96.7 cm³/mol. The van der Waals surface area contributed by atoms with E-state index in [2.05, 4.69) is 67.5 Å². The van der Waals surface area contributed by atoms with Crippen molar-refractivity contribution >= 4 is 34.0 Å². The number of anilines is 1. The Morgan fingerprint density at radius 1 is 1.45 bits per heavy atom. The van der Waals surface area contributed by atoms with Crippen LogP contribution in [-0.2, 0) is 6.54 Å². The molecule has 1 aliphatic rings. The van der Waals surface area contributed by atoms with Crippen molar-refractivity contribution < 1.29 is 0 Å². The van der Waals surface area contributed by atoms with Crippen LogP contribution in [0.4, 0.5) is 5.69 Å². The Morgan fingerprint density at radius 2 is 2.32 bits per heavy atom. The molecule has 2 heterocycles. The molecule has 3 rings (SSSR count). The molecule has 0 radical (unpaired) electrons. The summed E-state index contributed by atoms with van der Waals surface area (Å²) < 4.78 is 1.15. The van der Waals surface area contributed by atoms with Crippen LogP contribution in [-0.4, -0.2) is 29.8 Å². The summed E-state index contributed by atoms with van der Waals surface area (Å²) in [5.41, 5.74) is 3.74. The quantitative estimate of drug-likeness (QED) is 0.827. The molecule has 1 aromatic carbocycles. The second-order valence-corrected chi connectivity index (χ2v) is 6.65. The van der Waals surface area contributed by atoms with Gasteiger partial charge in [0.15, 0.2) is 0 Å². The highest BCUT2D eigenvalue weighted by molar-refractivity contribution is 9.10. The maximum absolute atomic E-state index is 4.05. The maximum Gasteiger partial charge on any atom is 0.0535 e. The lowest BCUT2D eigenvalue weighted by atomic mass is 10.1. The molecule has 6 heteroatoms. The molecule has 0 spiro atoms. The van der Waals surface area contributed by atoms with Crippen LogP contribution in [0.1, 0.15) is 17.7 Å². The largest absolute Gasteiger partial charge is 0.371 e. The minimum atomic E-state index is 0. The lowest BCUT2D eigenvalue weighted by molar-refractivity contribution is 0.516. The van der Waals surface area contributed by atoms with Gasteiger partial charge < -0.3 is 10.2 Å². The maximum atomic E-state index is 4.05. The zero-order valence-corrected chi connectivity index (χ0v) is 15.1. The van der Waals surface area contributed by atoms with E-state index in [-0.39, 0.29) is 12.4 Å². The van der Waals surface area contributed by atoms with E-state index in [1.165, 1.54) is 17.7 Å². The fourth-order valence-corrected chi connectivity index (χ4v) is 3.26. The summed E-state index contributed by atoms with van der Waals surface area (Å²) in [4.78, 5) is 2.47. The average Bonchev–Trinajstić information content (AvgIpc) is 3.09. The molecule has 1 unspecified atom stereocenters. The number of H-pyrrole nitrogens is 1. The molecule has 1 aliphatic heterocycles. The summed E-state index contributed by atoms with van der Waals surface area (Å²) in [6, 6.07) is 8.57. The first-order chi connectivity index (χ1) is 10.2. The Bertz CT molecular complexity index is 601. The van der Waals surface area contributed by atoms with E-state index < -0.39 is 0 Å².